The zero-order valence-electron chi connectivity index (χ0n) is 31.1. The molecule has 0 aromatic carbocycles. The van der Waals surface area contributed by atoms with Gasteiger partial charge in [-0.05, 0) is 138 Å². The van der Waals surface area contributed by atoms with Gasteiger partial charge in [0, 0.05) is 106 Å². The van der Waals surface area contributed by atoms with Gasteiger partial charge >= 0.3 is 0 Å². The summed E-state index contributed by atoms with van der Waals surface area (Å²) >= 11 is 0. The first-order valence-electron chi connectivity index (χ1n) is 14.1. The molecule has 0 saturated carbocycles. The van der Waals surface area contributed by atoms with E-state index in [9.17, 15) is 0 Å². The van der Waals surface area contributed by atoms with Gasteiger partial charge in [-0.15, -0.1) is 0 Å². The van der Waals surface area contributed by atoms with Gasteiger partial charge in [0.05, 0.1) is 0 Å². The van der Waals surface area contributed by atoms with Gasteiger partial charge in [-0.25, -0.2) is 0 Å². The Labute approximate surface area is 294 Å². The van der Waals surface area contributed by atoms with Crippen molar-refractivity contribution >= 4 is 0 Å². The van der Waals surface area contributed by atoms with Gasteiger partial charge in [0.2, 0.25) is 0 Å². The second-order valence-electron chi connectivity index (χ2n) is 10.9. The van der Waals surface area contributed by atoms with Gasteiger partial charge < -0.3 is 51.1 Å². The average molecular weight is 875 g/mol. The van der Waals surface area contributed by atoms with E-state index in [1.54, 1.807) is 138 Å². The first-order chi connectivity index (χ1) is 17.3. The smallest absolute Gasteiger partial charge is 0.0483 e. The second-order valence-corrected chi connectivity index (χ2v) is 10.9. The quantitative estimate of drug-likeness (QED) is 0.159. The number of aliphatic hydroxyl groups is 10. The van der Waals surface area contributed by atoms with Gasteiger partial charge in [-0.3, -0.25) is 0 Å². The van der Waals surface area contributed by atoms with Crippen LogP contribution in [0.15, 0.2) is 0 Å². The van der Waals surface area contributed by atoms with E-state index in [-0.39, 0.29) is 106 Å². The molecule has 10 N–H and O–H groups in total. The van der Waals surface area contributed by atoms with Crippen molar-refractivity contribution in [1.82, 2.24) is 0 Å². The minimum atomic E-state index is -0.167. The first kappa shape index (κ1) is 79.0. The zero-order valence-corrected chi connectivity index (χ0v) is 36.6. The third-order valence-corrected chi connectivity index (χ3v) is 0. The van der Waals surface area contributed by atoms with E-state index in [4.69, 9.17) is 51.1 Å². The third kappa shape index (κ3) is 56500. The van der Waals surface area contributed by atoms with E-state index in [2.05, 4.69) is 0 Å². The van der Waals surface area contributed by atoms with Crippen molar-refractivity contribution in [3.05, 3.63) is 0 Å². The Morgan fingerprint density at radius 3 is 0.190 bits per heavy atom. The monoisotopic (exact) mass is 874 g/mol. The molecule has 0 rings (SSSR count). The zero-order chi connectivity index (χ0) is 35.8. The molecule has 0 aromatic heterocycles. The Bertz CT molecular complexity index is 193. The summed E-state index contributed by atoms with van der Waals surface area (Å²) in [5.41, 5.74) is 0. The Balaban J connectivity index is -0.0000000237. The molecule has 0 saturated heterocycles. The molecule has 0 unspecified atom stereocenters. The minimum absolute atomic E-state index is 0. The van der Waals surface area contributed by atoms with E-state index >= 15 is 0 Å². The summed E-state index contributed by atoms with van der Waals surface area (Å²) in [6, 6.07) is 0. The molecule has 0 heterocycles. The van der Waals surface area contributed by atoms with E-state index in [1.165, 1.54) is 0 Å². The maximum Gasteiger partial charge on any atom is 0.0483 e. The summed E-state index contributed by atoms with van der Waals surface area (Å²) in [5.74, 6) is 0. The van der Waals surface area contributed by atoms with Crippen molar-refractivity contribution in [2.75, 3.05) is 0 Å². The molecule has 0 aliphatic rings. The molecular weight excluding hydrogens is 794 g/mol. The van der Waals surface area contributed by atoms with Gasteiger partial charge in [0.25, 0.3) is 0 Å². The molecule has 10 nitrogen and oxygen atoms in total. The fourth-order valence-corrected chi connectivity index (χ4v) is 0. The minimum Gasteiger partial charge on any atom is -0.394 e. The van der Waals surface area contributed by atoms with Crippen molar-refractivity contribution < 1.29 is 95.8 Å². The Morgan fingerprint density at radius 1 is 0.190 bits per heavy atom. The maximum atomic E-state index is 8.06. The maximum absolute atomic E-state index is 8.06. The largest absolute Gasteiger partial charge is 0.394 e. The summed E-state index contributed by atoms with van der Waals surface area (Å²) in [5, 5.41) is 80.6. The van der Waals surface area contributed by atoms with Crippen LogP contribution in [0.25, 0.3) is 0 Å². The average Bonchev–Trinajstić information content (AvgIpc) is 2.47. The van der Waals surface area contributed by atoms with Gasteiger partial charge in [0.15, 0.2) is 0 Å². The summed E-state index contributed by atoms with van der Waals surface area (Å²) < 4.78 is 0. The number of rotatable bonds is 0. The van der Waals surface area contributed by atoms with Crippen LogP contribution in [0, 0.1) is 0 Å². The molecule has 12 heteroatoms. The van der Waals surface area contributed by atoms with Gasteiger partial charge in [-0.1, -0.05) is 0 Å². The van der Waals surface area contributed by atoms with E-state index in [1.807, 2.05) is 0 Å². The summed E-state index contributed by atoms with van der Waals surface area (Å²) in [6.45, 7) is 34.4. The fraction of sp³-hybridized carbons (Fsp3) is 1.00. The third-order valence-electron chi connectivity index (χ3n) is 0. The molecule has 0 atom stereocenters. The van der Waals surface area contributed by atoms with E-state index in [0.717, 1.165) is 0 Å². The van der Waals surface area contributed by atoms with Gasteiger partial charge in [-0.2, -0.15) is 0 Å². The van der Waals surface area contributed by atoms with Crippen LogP contribution in [0.2, 0.25) is 0 Å². The van der Waals surface area contributed by atoms with Crippen molar-refractivity contribution in [3.63, 3.8) is 0 Å². The van der Waals surface area contributed by atoms with E-state index in [0.29, 0.717) is 0 Å². The number of hydrogen-bond donors (Lipinski definition) is 10. The van der Waals surface area contributed by atoms with Crippen LogP contribution in [0.5, 0.6) is 0 Å². The van der Waals surface area contributed by atoms with Crippen LogP contribution in [0.4, 0.5) is 0 Å². The predicted octanol–water partition coefficient (Wildman–Crippen LogP) is 3.87. The summed E-state index contributed by atoms with van der Waals surface area (Å²) in [4.78, 5) is 0. The van der Waals surface area contributed by atoms with Crippen molar-refractivity contribution in [2.45, 2.75) is 200 Å². The molecular formula is C30H80NbO10Ta. The number of aliphatic hydroxyl groups excluding tert-OH is 10. The molecule has 0 aromatic rings. The van der Waals surface area contributed by atoms with Crippen LogP contribution in [0.1, 0.15) is 138 Å². The van der Waals surface area contributed by atoms with E-state index < -0.39 is 0 Å². The number of hydrogen-bond acceptors (Lipinski definition) is 10. The van der Waals surface area contributed by atoms with Crippen LogP contribution < -0.4 is 0 Å². The first-order valence-corrected chi connectivity index (χ1v) is 14.1. The Hall–Kier alpha value is 1.08. The molecule has 0 bridgehead atoms. The topological polar surface area (TPSA) is 202 Å². The second kappa shape index (κ2) is 73.5. The van der Waals surface area contributed by atoms with Crippen molar-refractivity contribution in [2.24, 2.45) is 0 Å². The molecule has 0 aliphatic heterocycles. The van der Waals surface area contributed by atoms with Crippen LogP contribution >= 0.6 is 0 Å². The molecule has 270 valence electrons. The fourth-order valence-electron chi connectivity index (χ4n) is 0. The normalized spacial score (nSPS) is 8.57. The standard InChI is InChI=1S/10C3H8O.Nb.Ta/c10*1-3(2)4;;/h10*3-4H,1-2H3;;. The molecule has 2 radical (unpaired) electrons. The molecule has 0 fully saturated rings. The summed E-state index contributed by atoms with van der Waals surface area (Å²) in [6.07, 6.45) is -1.67. The Morgan fingerprint density at radius 2 is 0.190 bits per heavy atom. The van der Waals surface area contributed by atoms with Gasteiger partial charge in [0.1, 0.15) is 0 Å². The van der Waals surface area contributed by atoms with Crippen molar-refractivity contribution in [1.29, 1.82) is 0 Å². The van der Waals surface area contributed by atoms with Crippen LogP contribution in [-0.4, -0.2) is 112 Å². The van der Waals surface area contributed by atoms with Crippen LogP contribution in [-0.2, 0) is 44.8 Å². The molecule has 0 spiro atoms. The van der Waals surface area contributed by atoms with Crippen molar-refractivity contribution in [3.8, 4) is 0 Å². The summed E-state index contributed by atoms with van der Waals surface area (Å²) in [7, 11) is 0. The molecule has 0 amide bonds. The predicted molar refractivity (Wildman–Crippen MR) is 174 cm³/mol. The Kier molecular flexibility index (Phi) is 138. The van der Waals surface area contributed by atoms with Crippen LogP contribution in [0.3, 0.4) is 0 Å². The molecule has 42 heavy (non-hydrogen) atoms. The molecule has 0 aliphatic carbocycles. The SMILES string of the molecule is CC(C)O.CC(C)O.CC(C)O.CC(C)O.CC(C)O.CC(C)O.CC(C)O.CC(C)O.CC(C)O.CC(C)O.[Nb].[Ta].